The van der Waals surface area contributed by atoms with Crippen LogP contribution in [0.25, 0.3) is 16.6 Å². The highest BCUT2D eigenvalue weighted by Gasteiger charge is 2.34. The van der Waals surface area contributed by atoms with Crippen LogP contribution in [0.1, 0.15) is 13.3 Å². The van der Waals surface area contributed by atoms with Crippen LogP contribution in [0.5, 0.6) is 0 Å². The number of allylic oxidation sites excluding steroid dienone is 2. The molecular formula is C23H21NO4. The number of carboxylic acid groups (broad SMARTS) is 2. The van der Waals surface area contributed by atoms with Crippen molar-refractivity contribution in [1.82, 2.24) is 4.57 Å². The predicted molar refractivity (Wildman–Crippen MR) is 108 cm³/mol. The molecule has 1 unspecified atom stereocenters. The maximum atomic E-state index is 10.8. The molecule has 4 rings (SSSR count). The van der Waals surface area contributed by atoms with Crippen molar-refractivity contribution in [3.05, 3.63) is 90.7 Å². The van der Waals surface area contributed by atoms with E-state index in [0.29, 0.717) is 0 Å². The molecule has 0 aliphatic heterocycles. The lowest BCUT2D eigenvalue weighted by atomic mass is 9.80. The first-order chi connectivity index (χ1) is 13.4. The van der Waals surface area contributed by atoms with Crippen molar-refractivity contribution in [2.75, 3.05) is 0 Å². The zero-order valence-corrected chi connectivity index (χ0v) is 15.4. The van der Waals surface area contributed by atoms with Crippen LogP contribution in [-0.4, -0.2) is 26.7 Å². The zero-order chi connectivity index (χ0) is 20.1. The number of fused-ring (bicyclic) bond motifs is 1. The van der Waals surface area contributed by atoms with Gasteiger partial charge in [0.1, 0.15) is 0 Å². The molecule has 5 nitrogen and oxygen atoms in total. The molecule has 0 amide bonds. The Hall–Kier alpha value is -3.60. The van der Waals surface area contributed by atoms with E-state index in [1.165, 1.54) is 41.7 Å². The van der Waals surface area contributed by atoms with E-state index in [4.69, 9.17) is 10.2 Å². The van der Waals surface area contributed by atoms with Gasteiger partial charge in [0, 0.05) is 17.5 Å². The third-order valence-electron chi connectivity index (χ3n) is 4.72. The van der Waals surface area contributed by atoms with Crippen molar-refractivity contribution < 1.29 is 19.8 Å². The average Bonchev–Trinajstić information content (AvgIpc) is 3.13. The Morgan fingerprint density at radius 3 is 2.32 bits per heavy atom. The number of aromatic nitrogens is 1. The van der Waals surface area contributed by atoms with E-state index in [0.717, 1.165) is 0 Å². The fourth-order valence-electron chi connectivity index (χ4n) is 3.08. The normalized spacial score (nSPS) is 18.1. The van der Waals surface area contributed by atoms with Crippen molar-refractivity contribution in [2.24, 2.45) is 5.41 Å². The molecule has 28 heavy (non-hydrogen) atoms. The number of hydrogen-bond acceptors (Lipinski definition) is 2. The molecule has 5 heteroatoms. The summed E-state index contributed by atoms with van der Waals surface area (Å²) in [7, 11) is 0. The number of para-hydroxylation sites is 2. The summed E-state index contributed by atoms with van der Waals surface area (Å²) >= 11 is 0. The van der Waals surface area contributed by atoms with E-state index in [1.807, 2.05) is 6.07 Å². The van der Waals surface area contributed by atoms with Crippen LogP contribution in [0.2, 0.25) is 0 Å². The fourth-order valence-corrected chi connectivity index (χ4v) is 3.08. The topological polar surface area (TPSA) is 79.5 Å². The third-order valence-corrected chi connectivity index (χ3v) is 4.72. The van der Waals surface area contributed by atoms with Crippen LogP contribution in [0.15, 0.2) is 90.7 Å². The van der Waals surface area contributed by atoms with Gasteiger partial charge in [-0.3, -0.25) is 4.79 Å². The Balaban J connectivity index is 0.000000163. The Morgan fingerprint density at radius 2 is 1.64 bits per heavy atom. The van der Waals surface area contributed by atoms with E-state index in [-0.39, 0.29) is 12.0 Å². The Bertz CT molecular complexity index is 1060. The van der Waals surface area contributed by atoms with Gasteiger partial charge in [0.2, 0.25) is 0 Å². The molecule has 1 aliphatic rings. The minimum absolute atomic E-state index is 0.0359. The molecule has 0 radical (unpaired) electrons. The highest BCUT2D eigenvalue weighted by Crippen LogP contribution is 2.31. The molecule has 0 spiro atoms. The molecule has 2 N–H and O–H groups in total. The van der Waals surface area contributed by atoms with Crippen molar-refractivity contribution in [1.29, 1.82) is 0 Å². The maximum Gasteiger partial charge on any atom is 0.331 e. The predicted octanol–water partition coefficient (Wildman–Crippen LogP) is 4.68. The lowest BCUT2D eigenvalue weighted by Gasteiger charge is -2.23. The number of aliphatic carboxylic acids is 2. The first-order valence-electron chi connectivity index (χ1n) is 8.87. The van der Waals surface area contributed by atoms with Gasteiger partial charge in [0.25, 0.3) is 0 Å². The molecule has 0 saturated heterocycles. The lowest BCUT2D eigenvalue weighted by Crippen LogP contribution is -2.28. The molecule has 142 valence electrons. The fraction of sp³-hybridized carbons (Fsp3) is 0.130. The van der Waals surface area contributed by atoms with Crippen LogP contribution in [0.4, 0.5) is 0 Å². The molecule has 1 aliphatic carbocycles. The van der Waals surface area contributed by atoms with Crippen molar-refractivity contribution >= 4 is 22.8 Å². The van der Waals surface area contributed by atoms with E-state index in [9.17, 15) is 9.59 Å². The van der Waals surface area contributed by atoms with E-state index >= 15 is 0 Å². The van der Waals surface area contributed by atoms with E-state index in [2.05, 4.69) is 65.4 Å². The SMILES string of the molecule is CC1(C(=O)O)C=CC=C(C(=O)O)C1.c1ccc(-n2ccc3ccccc32)cc1. The summed E-state index contributed by atoms with van der Waals surface area (Å²) in [6.07, 6.45) is 6.55. The number of nitrogens with zero attached hydrogens (tertiary/aromatic N) is 1. The van der Waals surface area contributed by atoms with E-state index in [1.54, 1.807) is 0 Å². The second kappa shape index (κ2) is 7.96. The van der Waals surface area contributed by atoms with Crippen LogP contribution in [-0.2, 0) is 9.59 Å². The summed E-state index contributed by atoms with van der Waals surface area (Å²) in [5.41, 5.74) is 1.51. The van der Waals surface area contributed by atoms with Crippen LogP contribution in [0.3, 0.4) is 0 Å². The van der Waals surface area contributed by atoms with Crippen LogP contribution < -0.4 is 0 Å². The maximum absolute atomic E-state index is 10.8. The summed E-state index contributed by atoms with van der Waals surface area (Å²) in [6, 6.07) is 20.9. The smallest absolute Gasteiger partial charge is 0.331 e. The highest BCUT2D eigenvalue weighted by molar-refractivity contribution is 5.90. The first-order valence-corrected chi connectivity index (χ1v) is 8.87. The van der Waals surface area contributed by atoms with Crippen LogP contribution in [0, 0.1) is 5.41 Å². The van der Waals surface area contributed by atoms with Gasteiger partial charge in [0.15, 0.2) is 0 Å². The summed E-state index contributed by atoms with van der Waals surface area (Å²) in [4.78, 5) is 21.3. The first kappa shape index (κ1) is 19.2. The Labute approximate surface area is 162 Å². The second-order valence-electron chi connectivity index (χ2n) is 6.84. The minimum atomic E-state index is -1.08. The Kier molecular flexibility index (Phi) is 5.45. The highest BCUT2D eigenvalue weighted by atomic mass is 16.4. The zero-order valence-electron chi connectivity index (χ0n) is 15.4. The van der Waals surface area contributed by atoms with Crippen molar-refractivity contribution in [3.8, 4) is 5.69 Å². The number of carboxylic acids is 2. The summed E-state index contributed by atoms with van der Waals surface area (Å²) in [5, 5.41) is 18.8. The molecule has 1 heterocycles. The summed E-state index contributed by atoms with van der Waals surface area (Å²) in [5.74, 6) is -2.06. The van der Waals surface area contributed by atoms with Gasteiger partial charge in [-0.25, -0.2) is 4.79 Å². The largest absolute Gasteiger partial charge is 0.481 e. The van der Waals surface area contributed by atoms with Crippen molar-refractivity contribution in [3.63, 3.8) is 0 Å². The quantitative estimate of drug-likeness (QED) is 0.697. The van der Waals surface area contributed by atoms with Gasteiger partial charge in [0.05, 0.1) is 10.9 Å². The molecule has 1 atom stereocenters. The number of carbonyl (C=O) groups is 2. The average molecular weight is 375 g/mol. The third kappa shape index (κ3) is 4.04. The molecule has 1 aromatic heterocycles. The molecular weight excluding hydrogens is 354 g/mol. The van der Waals surface area contributed by atoms with Gasteiger partial charge in [-0.1, -0.05) is 54.6 Å². The van der Waals surface area contributed by atoms with Gasteiger partial charge in [-0.15, -0.1) is 0 Å². The molecule has 3 aromatic rings. The molecule has 0 fully saturated rings. The molecule has 0 saturated carbocycles. The monoisotopic (exact) mass is 375 g/mol. The molecule has 0 bridgehead atoms. The summed E-state index contributed by atoms with van der Waals surface area (Å²) < 4.78 is 2.20. The second-order valence-corrected chi connectivity index (χ2v) is 6.84. The lowest BCUT2D eigenvalue weighted by molar-refractivity contribution is -0.145. The molecule has 2 aromatic carbocycles. The van der Waals surface area contributed by atoms with Gasteiger partial charge in [-0.05, 0) is 43.0 Å². The number of rotatable bonds is 3. The van der Waals surface area contributed by atoms with Crippen LogP contribution >= 0.6 is 0 Å². The van der Waals surface area contributed by atoms with E-state index < -0.39 is 17.4 Å². The van der Waals surface area contributed by atoms with Crippen molar-refractivity contribution in [2.45, 2.75) is 13.3 Å². The number of hydrogen-bond donors (Lipinski definition) is 2. The van der Waals surface area contributed by atoms with Gasteiger partial charge >= 0.3 is 11.9 Å². The van der Waals surface area contributed by atoms with Gasteiger partial charge in [-0.2, -0.15) is 0 Å². The Morgan fingerprint density at radius 1 is 0.964 bits per heavy atom. The summed E-state index contributed by atoms with van der Waals surface area (Å²) in [6.45, 7) is 1.50. The van der Waals surface area contributed by atoms with Gasteiger partial charge < -0.3 is 14.8 Å². The minimum Gasteiger partial charge on any atom is -0.481 e. The number of benzene rings is 2. The standard InChI is InChI=1S/C14H11N.C9H10O4/c1-2-7-13(8-3-1)15-11-10-12-6-4-5-9-14(12)15;1-9(8(12)13)4-2-3-6(5-9)7(10)11/h1-11H;2-4H,5H2,1H3,(H,10,11)(H,12,13).